The number of sulfonamides is 1. The van der Waals surface area contributed by atoms with Crippen LogP contribution in [-0.2, 0) is 10.0 Å². The molecule has 0 radical (unpaired) electrons. The van der Waals surface area contributed by atoms with E-state index in [1.165, 1.54) is 13.3 Å². The number of nitrogens with one attached hydrogen (secondary N) is 2. The summed E-state index contributed by atoms with van der Waals surface area (Å²) < 4.78 is 32.9. The van der Waals surface area contributed by atoms with Crippen molar-refractivity contribution in [3.05, 3.63) is 42.1 Å². The van der Waals surface area contributed by atoms with Crippen molar-refractivity contribution in [2.24, 2.45) is 5.92 Å². The van der Waals surface area contributed by atoms with Crippen molar-refractivity contribution in [2.45, 2.75) is 25.7 Å². The Hall–Kier alpha value is -2.28. The number of aromatic nitrogens is 1. The lowest BCUT2D eigenvalue weighted by atomic mass is 10.2. The van der Waals surface area contributed by atoms with Gasteiger partial charge in [-0.25, -0.2) is 13.4 Å². The Labute approximate surface area is 143 Å². The van der Waals surface area contributed by atoms with Gasteiger partial charge >= 0.3 is 0 Å². The first-order valence-electron chi connectivity index (χ1n) is 7.69. The minimum absolute atomic E-state index is 0.104. The summed E-state index contributed by atoms with van der Waals surface area (Å²) in [5.41, 5.74) is 1.23. The Kier molecular flexibility index (Phi) is 5.66. The Morgan fingerprint density at radius 3 is 2.54 bits per heavy atom. The molecule has 0 unspecified atom stereocenters. The second kappa shape index (κ2) is 7.53. The molecule has 0 spiro atoms. The van der Waals surface area contributed by atoms with Crippen molar-refractivity contribution in [3.63, 3.8) is 0 Å². The maximum absolute atomic E-state index is 12.6. The van der Waals surface area contributed by atoms with Gasteiger partial charge in [0.2, 0.25) is 0 Å². The molecule has 0 aliphatic rings. The number of hydrogen-bond acceptors (Lipinski definition) is 5. The predicted octanol–water partition coefficient (Wildman–Crippen LogP) is 3.27. The lowest BCUT2D eigenvalue weighted by Crippen LogP contribution is -2.15. The predicted molar refractivity (Wildman–Crippen MR) is 96.1 cm³/mol. The van der Waals surface area contributed by atoms with E-state index in [0.717, 1.165) is 12.1 Å². The molecule has 7 heteroatoms. The van der Waals surface area contributed by atoms with E-state index < -0.39 is 10.0 Å². The maximum Gasteiger partial charge on any atom is 0.265 e. The van der Waals surface area contributed by atoms with Gasteiger partial charge in [0, 0.05) is 6.54 Å². The van der Waals surface area contributed by atoms with E-state index in [9.17, 15) is 8.42 Å². The fourth-order valence-corrected chi connectivity index (χ4v) is 3.37. The summed E-state index contributed by atoms with van der Waals surface area (Å²) in [6.07, 6.45) is 1.49. The molecule has 0 atom stereocenters. The maximum atomic E-state index is 12.6. The quantitative estimate of drug-likeness (QED) is 0.802. The highest BCUT2D eigenvalue weighted by molar-refractivity contribution is 7.92. The summed E-state index contributed by atoms with van der Waals surface area (Å²) in [5.74, 6) is 1.51. The van der Waals surface area contributed by atoms with Crippen LogP contribution in [0.2, 0.25) is 0 Å². The third-order valence-electron chi connectivity index (χ3n) is 3.32. The van der Waals surface area contributed by atoms with Crippen LogP contribution < -0.4 is 14.8 Å². The molecule has 130 valence electrons. The van der Waals surface area contributed by atoms with E-state index in [4.69, 9.17) is 4.74 Å². The van der Waals surface area contributed by atoms with Crippen molar-refractivity contribution in [1.29, 1.82) is 0 Å². The summed E-state index contributed by atoms with van der Waals surface area (Å²) in [7, 11) is -2.31. The molecule has 0 bridgehead atoms. The fourth-order valence-electron chi connectivity index (χ4n) is 2.07. The highest BCUT2D eigenvalue weighted by Gasteiger charge is 2.20. The van der Waals surface area contributed by atoms with Gasteiger partial charge in [-0.15, -0.1) is 0 Å². The zero-order valence-corrected chi connectivity index (χ0v) is 15.1. The molecule has 0 saturated heterocycles. The number of ether oxygens (including phenoxy) is 1. The Bertz CT molecular complexity index is 787. The highest BCUT2D eigenvalue weighted by atomic mass is 32.2. The number of anilines is 2. The second-order valence-electron chi connectivity index (χ2n) is 5.97. The molecular formula is C17H23N3O3S. The Morgan fingerprint density at radius 1 is 1.21 bits per heavy atom. The topological polar surface area (TPSA) is 80.3 Å². The molecule has 1 heterocycles. The van der Waals surface area contributed by atoms with E-state index in [-0.39, 0.29) is 4.90 Å². The molecule has 0 aliphatic heterocycles. The van der Waals surface area contributed by atoms with Gasteiger partial charge in [-0.05, 0) is 42.7 Å². The van der Waals surface area contributed by atoms with Crippen molar-refractivity contribution in [2.75, 3.05) is 23.7 Å². The Morgan fingerprint density at radius 2 is 1.96 bits per heavy atom. The first kappa shape index (κ1) is 18.1. The van der Waals surface area contributed by atoms with Gasteiger partial charge in [-0.1, -0.05) is 19.9 Å². The van der Waals surface area contributed by atoms with Crippen molar-refractivity contribution in [3.8, 4) is 5.75 Å². The number of methoxy groups -OCH3 is 1. The molecule has 2 N–H and O–H groups in total. The number of hydrogen-bond donors (Lipinski definition) is 2. The van der Waals surface area contributed by atoms with E-state index in [0.29, 0.717) is 23.2 Å². The monoisotopic (exact) mass is 349 g/mol. The molecule has 0 aliphatic carbocycles. The lowest BCUT2D eigenvalue weighted by Gasteiger charge is -2.13. The van der Waals surface area contributed by atoms with Crippen LogP contribution in [0.5, 0.6) is 5.75 Å². The Balaban J connectivity index is 2.19. The summed E-state index contributed by atoms with van der Waals surface area (Å²) in [4.78, 5) is 4.32. The number of benzene rings is 1. The molecule has 1 aromatic carbocycles. The molecule has 2 aromatic rings. The van der Waals surface area contributed by atoms with Crippen LogP contribution in [0, 0.1) is 12.8 Å². The first-order valence-corrected chi connectivity index (χ1v) is 9.17. The molecule has 24 heavy (non-hydrogen) atoms. The third-order valence-corrected chi connectivity index (χ3v) is 4.72. The van der Waals surface area contributed by atoms with Crippen molar-refractivity contribution in [1.82, 2.24) is 4.98 Å². The number of aryl methyl sites for hydroxylation is 1. The van der Waals surface area contributed by atoms with Gasteiger partial charge in [0.1, 0.15) is 16.5 Å². The average molecular weight is 349 g/mol. The molecule has 1 aromatic heterocycles. The molecular weight excluding hydrogens is 326 g/mol. The number of pyridine rings is 1. The van der Waals surface area contributed by atoms with Gasteiger partial charge in [0.15, 0.2) is 0 Å². The van der Waals surface area contributed by atoms with E-state index in [2.05, 4.69) is 28.9 Å². The third kappa shape index (κ3) is 4.61. The van der Waals surface area contributed by atoms with Gasteiger partial charge in [-0.3, -0.25) is 4.72 Å². The van der Waals surface area contributed by atoms with E-state index in [1.807, 2.05) is 6.92 Å². The van der Waals surface area contributed by atoms with Crippen LogP contribution in [0.1, 0.15) is 19.4 Å². The lowest BCUT2D eigenvalue weighted by molar-refractivity contribution is 0.402. The van der Waals surface area contributed by atoms with Crippen molar-refractivity contribution >= 4 is 21.5 Å². The van der Waals surface area contributed by atoms with Crippen LogP contribution >= 0.6 is 0 Å². The normalized spacial score (nSPS) is 11.4. The van der Waals surface area contributed by atoms with E-state index in [1.54, 1.807) is 30.3 Å². The first-order chi connectivity index (χ1) is 11.3. The minimum atomic E-state index is -3.75. The fraction of sp³-hybridized carbons (Fsp3) is 0.353. The molecule has 6 nitrogen and oxygen atoms in total. The number of rotatable bonds is 7. The average Bonchev–Trinajstić information content (AvgIpc) is 2.54. The standard InChI is InChI=1S/C17H23N3O3S/c1-12(2)10-18-17-8-6-14(11-19-17)20-24(21,22)16-9-13(3)5-7-15(16)23-4/h5-9,11-12,20H,10H2,1-4H3,(H,18,19). The number of nitrogens with zero attached hydrogens (tertiary/aromatic N) is 1. The molecule has 2 rings (SSSR count). The van der Waals surface area contributed by atoms with Gasteiger partial charge in [0.05, 0.1) is 19.0 Å². The SMILES string of the molecule is COc1ccc(C)cc1S(=O)(=O)Nc1ccc(NCC(C)C)nc1. The van der Waals surface area contributed by atoms with Gasteiger partial charge in [0.25, 0.3) is 10.0 Å². The van der Waals surface area contributed by atoms with Crippen LogP contribution in [0.25, 0.3) is 0 Å². The van der Waals surface area contributed by atoms with Crippen LogP contribution in [-0.4, -0.2) is 27.1 Å². The molecule has 0 amide bonds. The highest BCUT2D eigenvalue weighted by Crippen LogP contribution is 2.26. The van der Waals surface area contributed by atoms with Crippen LogP contribution in [0.3, 0.4) is 0 Å². The smallest absolute Gasteiger partial charge is 0.265 e. The summed E-state index contributed by atoms with van der Waals surface area (Å²) in [6, 6.07) is 8.44. The van der Waals surface area contributed by atoms with Crippen LogP contribution in [0.4, 0.5) is 11.5 Å². The van der Waals surface area contributed by atoms with Crippen LogP contribution in [0.15, 0.2) is 41.4 Å². The zero-order chi connectivity index (χ0) is 17.7. The summed E-state index contributed by atoms with van der Waals surface area (Å²) in [5, 5.41) is 3.18. The van der Waals surface area contributed by atoms with Crippen molar-refractivity contribution < 1.29 is 13.2 Å². The largest absolute Gasteiger partial charge is 0.495 e. The molecule has 0 saturated carbocycles. The minimum Gasteiger partial charge on any atom is -0.495 e. The van der Waals surface area contributed by atoms with Gasteiger partial charge in [-0.2, -0.15) is 0 Å². The second-order valence-corrected chi connectivity index (χ2v) is 7.62. The van der Waals surface area contributed by atoms with E-state index >= 15 is 0 Å². The summed E-state index contributed by atoms with van der Waals surface area (Å²) in [6.45, 7) is 6.84. The summed E-state index contributed by atoms with van der Waals surface area (Å²) >= 11 is 0. The zero-order valence-electron chi connectivity index (χ0n) is 14.3. The van der Waals surface area contributed by atoms with Gasteiger partial charge < -0.3 is 10.1 Å². The molecule has 0 fully saturated rings.